The standard InChI is InChI=1S/C85H93BN4S2/c1-50-25-22-27-70(33-50)91-72-46-66(44-68(48-72)89(77-39-56(7)52(3)35-60(77)11)78-40-57(8)53(4)36-61(78)12)87-64(15)83(85(19,20)21)86-74-32-31-65(84(16,17)18)43-81(74)88(76-30-24-29-75(87)82(76)86)67-45-69(49-73(47-67)92-71-28-23-26-51(2)34-71)90(79-41-58(9)54(5)37-62(79)13)80-42-59(10)55(6)38-63(80)14/h22-49,64,83H,1-21H3. The molecule has 0 saturated heterocycles. The summed E-state index contributed by atoms with van der Waals surface area (Å²) >= 11 is 3.71. The van der Waals surface area contributed by atoms with Crippen LogP contribution in [0.15, 0.2) is 189 Å². The van der Waals surface area contributed by atoms with Gasteiger partial charge >= 0.3 is 0 Å². The number of anilines is 11. The Morgan fingerprint density at radius 2 is 0.772 bits per heavy atom. The van der Waals surface area contributed by atoms with E-state index in [0.29, 0.717) is 0 Å². The van der Waals surface area contributed by atoms with Crippen LogP contribution >= 0.6 is 23.5 Å². The molecule has 92 heavy (non-hydrogen) atoms. The fraction of sp³-hybridized carbons (Fsp3) is 0.294. The van der Waals surface area contributed by atoms with Crippen LogP contribution in [0.5, 0.6) is 0 Å². The van der Waals surface area contributed by atoms with Gasteiger partial charge < -0.3 is 19.6 Å². The van der Waals surface area contributed by atoms with Gasteiger partial charge in [-0.3, -0.25) is 0 Å². The lowest BCUT2D eigenvalue weighted by molar-refractivity contribution is 0.341. The number of fused-ring (bicyclic) bond motifs is 2. The van der Waals surface area contributed by atoms with Crippen LogP contribution in [0.1, 0.15) is 132 Å². The van der Waals surface area contributed by atoms with Gasteiger partial charge in [-0.05, 0) is 307 Å². The highest BCUT2D eigenvalue weighted by Gasteiger charge is 2.52. The van der Waals surface area contributed by atoms with E-state index in [0.717, 1.165) is 17.1 Å². The van der Waals surface area contributed by atoms with Gasteiger partial charge in [0.05, 0.1) is 0 Å². The van der Waals surface area contributed by atoms with Crippen molar-refractivity contribution >= 4 is 104 Å². The Balaban J connectivity index is 1.16. The summed E-state index contributed by atoms with van der Waals surface area (Å²) in [7, 11) is 0. The average Bonchev–Trinajstić information content (AvgIpc) is 0.700. The number of aryl methyl sites for hydroxylation is 14. The molecule has 4 nitrogen and oxygen atoms in total. The molecule has 2 atom stereocenters. The van der Waals surface area contributed by atoms with Crippen LogP contribution in [0.3, 0.4) is 0 Å². The number of hydrogen-bond donors (Lipinski definition) is 0. The van der Waals surface area contributed by atoms with Crippen LogP contribution in [0.25, 0.3) is 0 Å². The van der Waals surface area contributed by atoms with Crippen molar-refractivity contribution in [3.63, 3.8) is 0 Å². The molecule has 0 bridgehead atoms. The van der Waals surface area contributed by atoms with E-state index in [4.69, 9.17) is 0 Å². The molecule has 0 aliphatic carbocycles. The molecule has 10 aromatic rings. The molecule has 0 saturated carbocycles. The van der Waals surface area contributed by atoms with Crippen LogP contribution in [0.4, 0.5) is 62.6 Å². The minimum atomic E-state index is -0.128. The van der Waals surface area contributed by atoms with Gasteiger partial charge in [-0.1, -0.05) is 143 Å². The van der Waals surface area contributed by atoms with Crippen molar-refractivity contribution in [3.05, 3.63) is 253 Å². The number of hydrogen-bond acceptors (Lipinski definition) is 6. The number of nitrogens with zero attached hydrogens (tertiary/aromatic N) is 4. The first-order chi connectivity index (χ1) is 43.5. The largest absolute Gasteiger partial charge is 0.339 e. The number of benzene rings is 10. The summed E-state index contributed by atoms with van der Waals surface area (Å²) in [5, 5.41) is 0. The quantitative estimate of drug-likeness (QED) is 0.112. The molecule has 0 aromatic heterocycles. The predicted octanol–water partition coefficient (Wildman–Crippen LogP) is 23.9. The summed E-state index contributed by atoms with van der Waals surface area (Å²) in [5.74, 6) is 0.184. The maximum atomic E-state index is 2.75. The third-order valence-electron chi connectivity index (χ3n) is 20.1. The van der Waals surface area contributed by atoms with Crippen LogP contribution in [-0.2, 0) is 5.41 Å². The lowest BCUT2D eigenvalue weighted by Gasteiger charge is -2.53. The fourth-order valence-corrected chi connectivity index (χ4v) is 16.9. The third kappa shape index (κ3) is 12.1. The highest BCUT2D eigenvalue weighted by Crippen LogP contribution is 2.55. The first-order valence-corrected chi connectivity index (χ1v) is 34.7. The zero-order valence-corrected chi connectivity index (χ0v) is 60.1. The molecule has 12 rings (SSSR count). The Hall–Kier alpha value is -7.84. The second-order valence-electron chi connectivity index (χ2n) is 29.3. The molecular weight excluding hydrogens is 1150 g/mol. The maximum Gasteiger partial charge on any atom is 0.223 e. The van der Waals surface area contributed by atoms with Gasteiger partial charge in [-0.25, -0.2) is 0 Å². The van der Waals surface area contributed by atoms with Gasteiger partial charge in [-0.2, -0.15) is 0 Å². The van der Waals surface area contributed by atoms with E-state index in [1.807, 2.05) is 23.5 Å². The molecule has 7 heteroatoms. The third-order valence-corrected chi connectivity index (χ3v) is 22.0. The van der Waals surface area contributed by atoms with Crippen LogP contribution < -0.4 is 30.5 Å². The summed E-state index contributed by atoms with van der Waals surface area (Å²) < 4.78 is 0. The van der Waals surface area contributed by atoms with E-state index < -0.39 is 0 Å². The topological polar surface area (TPSA) is 13.0 Å². The SMILES string of the molecule is Cc1cccc(Sc2cc(N(c3cc(C)c(C)cc3C)c3cc(C)c(C)cc3C)cc(N3c4cc(C(C)(C)C)ccc4B4c5c3cccc5N(c3cc(Sc5cccc(C)c5)cc(N(c5cc(C)c(C)cc5C)c5cc(C)c(C)cc5C)c3)C(C)C4C(C)(C)C)c2)c1. The van der Waals surface area contributed by atoms with Crippen molar-refractivity contribution in [2.75, 3.05) is 19.6 Å². The minimum absolute atomic E-state index is 0.0771. The smallest absolute Gasteiger partial charge is 0.223 e. The van der Waals surface area contributed by atoms with E-state index in [2.05, 4.69) is 335 Å². The van der Waals surface area contributed by atoms with Gasteiger partial charge in [0, 0.05) is 88.2 Å². The second-order valence-corrected chi connectivity index (χ2v) is 31.6. The van der Waals surface area contributed by atoms with E-state index in [1.165, 1.54) is 159 Å². The molecule has 468 valence electrons. The molecule has 0 N–H and O–H groups in total. The minimum Gasteiger partial charge on any atom is -0.339 e. The molecule has 2 aliphatic rings. The van der Waals surface area contributed by atoms with Crippen molar-refractivity contribution in [2.45, 2.75) is 182 Å². The average molecular weight is 1250 g/mol. The van der Waals surface area contributed by atoms with Crippen LogP contribution in [0, 0.1) is 102 Å². The molecule has 10 aromatic carbocycles. The summed E-state index contributed by atoms with van der Waals surface area (Å²) in [4.78, 5) is 15.4. The summed E-state index contributed by atoms with van der Waals surface area (Å²) in [6.45, 7) is 48.7. The fourth-order valence-electron chi connectivity index (χ4n) is 14.9. The van der Waals surface area contributed by atoms with Crippen LogP contribution in [-0.4, -0.2) is 12.8 Å². The van der Waals surface area contributed by atoms with Gasteiger partial charge in [0.25, 0.3) is 0 Å². The number of rotatable bonds is 12. The van der Waals surface area contributed by atoms with Gasteiger partial charge in [0.15, 0.2) is 0 Å². The van der Waals surface area contributed by atoms with Gasteiger partial charge in [0.2, 0.25) is 6.71 Å². The highest BCUT2D eigenvalue weighted by atomic mass is 32.2. The summed E-state index contributed by atoms with van der Waals surface area (Å²) in [6.07, 6.45) is 0. The lowest BCUT2D eigenvalue weighted by atomic mass is 9.26. The van der Waals surface area contributed by atoms with Gasteiger partial charge in [-0.15, -0.1) is 0 Å². The first kappa shape index (κ1) is 64.3. The Bertz CT molecular complexity index is 4440. The summed E-state index contributed by atoms with van der Waals surface area (Å²) in [6, 6.07) is 66.8. The molecule has 2 heterocycles. The molecular formula is C85H93BN4S2. The monoisotopic (exact) mass is 1240 g/mol. The Morgan fingerprint density at radius 1 is 0.370 bits per heavy atom. The molecule has 0 fully saturated rings. The first-order valence-electron chi connectivity index (χ1n) is 33.1. The zero-order chi connectivity index (χ0) is 65.7. The zero-order valence-electron chi connectivity index (χ0n) is 58.5. The normalized spacial score (nSPS) is 14.6. The van der Waals surface area contributed by atoms with E-state index in [-0.39, 0.29) is 29.4 Å². The molecule has 0 spiro atoms. The van der Waals surface area contributed by atoms with E-state index >= 15 is 0 Å². The predicted molar refractivity (Wildman–Crippen MR) is 403 cm³/mol. The Labute approximate surface area is 560 Å². The van der Waals surface area contributed by atoms with Gasteiger partial charge in [0.1, 0.15) is 0 Å². The highest BCUT2D eigenvalue weighted by molar-refractivity contribution is 7.99. The second kappa shape index (κ2) is 24.6. The van der Waals surface area contributed by atoms with E-state index in [1.54, 1.807) is 0 Å². The van der Waals surface area contributed by atoms with Crippen molar-refractivity contribution in [1.29, 1.82) is 0 Å². The molecule has 2 unspecified atom stereocenters. The molecule has 0 radical (unpaired) electrons. The van der Waals surface area contributed by atoms with Crippen molar-refractivity contribution in [2.24, 2.45) is 5.41 Å². The lowest BCUT2D eigenvalue weighted by Crippen LogP contribution is -2.64. The summed E-state index contributed by atoms with van der Waals surface area (Å²) in [5.41, 5.74) is 34.7. The Morgan fingerprint density at radius 3 is 1.20 bits per heavy atom. The van der Waals surface area contributed by atoms with Crippen molar-refractivity contribution in [1.82, 2.24) is 0 Å². The molecule has 2 aliphatic heterocycles. The van der Waals surface area contributed by atoms with Crippen molar-refractivity contribution < 1.29 is 0 Å². The Kier molecular flexibility index (Phi) is 17.2. The van der Waals surface area contributed by atoms with Crippen LogP contribution in [0.2, 0.25) is 5.82 Å². The van der Waals surface area contributed by atoms with E-state index in [9.17, 15) is 0 Å². The van der Waals surface area contributed by atoms with Crippen molar-refractivity contribution in [3.8, 4) is 0 Å². The molecule has 0 amide bonds. The maximum absolute atomic E-state index is 2.75.